The van der Waals surface area contributed by atoms with E-state index in [1.165, 1.54) is 19.2 Å². The molecule has 0 heterocycles. The van der Waals surface area contributed by atoms with E-state index in [9.17, 15) is 4.79 Å². The van der Waals surface area contributed by atoms with E-state index < -0.39 is 11.9 Å². The summed E-state index contributed by atoms with van der Waals surface area (Å²) in [5, 5.41) is 27.0. The first kappa shape index (κ1) is 14.2. The number of nitriles is 3. The molecule has 0 aliphatic rings. The molecule has 0 saturated carbocycles. The van der Waals surface area contributed by atoms with Gasteiger partial charge in [-0.25, -0.2) is 0 Å². The number of hydrogen-bond acceptors (Lipinski definition) is 5. The van der Waals surface area contributed by atoms with E-state index in [0.29, 0.717) is 12.0 Å². The van der Waals surface area contributed by atoms with Crippen LogP contribution in [0.3, 0.4) is 0 Å². The van der Waals surface area contributed by atoms with Gasteiger partial charge in [0.2, 0.25) is 0 Å². The zero-order valence-electron chi connectivity index (χ0n) is 10.6. The number of rotatable bonds is 3. The number of carbonyl (C=O) groups excluding carboxylic acids is 1. The fourth-order valence-corrected chi connectivity index (χ4v) is 1.84. The summed E-state index contributed by atoms with van der Waals surface area (Å²) in [5.74, 6) is -1.08. The topological polar surface area (TPSA) is 97.7 Å². The molecule has 0 saturated heterocycles. The van der Waals surface area contributed by atoms with Gasteiger partial charge in [-0.05, 0) is 24.1 Å². The first-order valence-electron chi connectivity index (χ1n) is 5.58. The lowest BCUT2D eigenvalue weighted by molar-refractivity contribution is -0.142. The standard InChI is InChI=1S/C14H11N3O2/c1-3-12(14(18)19-2)13-5-10(7-16)9(6-15)4-11(13)8-17/h4-5,12H,3H2,1-2H3. The first-order chi connectivity index (χ1) is 9.12. The number of ether oxygens (including phenoxy) is 1. The Kier molecular flexibility index (Phi) is 4.63. The molecule has 1 unspecified atom stereocenters. The molecule has 1 rings (SSSR count). The maximum absolute atomic E-state index is 11.7. The molecule has 0 bridgehead atoms. The van der Waals surface area contributed by atoms with Crippen molar-refractivity contribution in [3.63, 3.8) is 0 Å². The minimum absolute atomic E-state index is 0.127. The van der Waals surface area contributed by atoms with Crippen molar-refractivity contribution < 1.29 is 9.53 Å². The predicted molar refractivity (Wildman–Crippen MR) is 65.6 cm³/mol. The monoisotopic (exact) mass is 253 g/mol. The van der Waals surface area contributed by atoms with Crippen molar-refractivity contribution in [2.24, 2.45) is 0 Å². The van der Waals surface area contributed by atoms with Crippen molar-refractivity contribution in [2.75, 3.05) is 7.11 Å². The van der Waals surface area contributed by atoms with Crippen molar-refractivity contribution in [1.82, 2.24) is 0 Å². The summed E-state index contributed by atoms with van der Waals surface area (Å²) in [5.41, 5.74) is 0.918. The Morgan fingerprint density at radius 1 is 1.16 bits per heavy atom. The first-order valence-corrected chi connectivity index (χ1v) is 5.58. The van der Waals surface area contributed by atoms with Gasteiger partial charge in [-0.3, -0.25) is 4.79 Å². The summed E-state index contributed by atoms with van der Waals surface area (Å²) in [6.45, 7) is 1.78. The van der Waals surface area contributed by atoms with Gasteiger partial charge in [-0.2, -0.15) is 15.8 Å². The molecule has 94 valence electrons. The van der Waals surface area contributed by atoms with Gasteiger partial charge in [0.15, 0.2) is 0 Å². The van der Waals surface area contributed by atoms with Crippen LogP contribution in [-0.4, -0.2) is 13.1 Å². The quantitative estimate of drug-likeness (QED) is 0.767. The Morgan fingerprint density at radius 3 is 2.11 bits per heavy atom. The highest BCUT2D eigenvalue weighted by Gasteiger charge is 2.24. The second-order valence-electron chi connectivity index (χ2n) is 3.80. The number of carbonyl (C=O) groups is 1. The molecule has 0 aromatic heterocycles. The molecule has 19 heavy (non-hydrogen) atoms. The Hall–Kier alpha value is -2.84. The number of benzene rings is 1. The molecular weight excluding hydrogens is 242 g/mol. The second kappa shape index (κ2) is 6.19. The summed E-state index contributed by atoms with van der Waals surface area (Å²) >= 11 is 0. The van der Waals surface area contributed by atoms with Gasteiger partial charge in [-0.15, -0.1) is 0 Å². The molecule has 0 fully saturated rings. The largest absolute Gasteiger partial charge is 0.469 e. The van der Waals surface area contributed by atoms with Crippen molar-refractivity contribution in [3.05, 3.63) is 34.4 Å². The third kappa shape index (κ3) is 2.70. The lowest BCUT2D eigenvalue weighted by atomic mass is 9.89. The van der Waals surface area contributed by atoms with Crippen LogP contribution in [0.2, 0.25) is 0 Å². The van der Waals surface area contributed by atoms with E-state index in [1.807, 2.05) is 18.2 Å². The van der Waals surface area contributed by atoms with E-state index in [-0.39, 0.29) is 16.7 Å². The van der Waals surface area contributed by atoms with Crippen LogP contribution in [0.4, 0.5) is 0 Å². The van der Waals surface area contributed by atoms with Crippen molar-refractivity contribution >= 4 is 5.97 Å². The molecule has 0 spiro atoms. The molecule has 5 nitrogen and oxygen atoms in total. The fraction of sp³-hybridized carbons (Fsp3) is 0.286. The summed E-state index contributed by atoms with van der Waals surface area (Å²) in [7, 11) is 1.27. The highest BCUT2D eigenvalue weighted by Crippen LogP contribution is 2.27. The van der Waals surface area contributed by atoms with Gasteiger partial charge < -0.3 is 4.74 Å². The lowest BCUT2D eigenvalue weighted by Gasteiger charge is -2.15. The van der Waals surface area contributed by atoms with Crippen LogP contribution in [0.5, 0.6) is 0 Å². The average molecular weight is 253 g/mol. The van der Waals surface area contributed by atoms with E-state index in [1.54, 1.807) is 6.92 Å². The summed E-state index contributed by atoms with van der Waals surface area (Å²) in [6.07, 6.45) is 0.443. The highest BCUT2D eigenvalue weighted by atomic mass is 16.5. The van der Waals surface area contributed by atoms with Gasteiger partial charge in [0, 0.05) is 0 Å². The van der Waals surface area contributed by atoms with Crippen molar-refractivity contribution in [1.29, 1.82) is 15.8 Å². The minimum Gasteiger partial charge on any atom is -0.469 e. The van der Waals surface area contributed by atoms with Crippen LogP contribution in [0.1, 0.15) is 41.5 Å². The van der Waals surface area contributed by atoms with Crippen LogP contribution < -0.4 is 0 Å². The zero-order chi connectivity index (χ0) is 14.4. The van der Waals surface area contributed by atoms with Crippen molar-refractivity contribution in [3.8, 4) is 18.2 Å². The molecule has 0 amide bonds. The smallest absolute Gasteiger partial charge is 0.313 e. The molecule has 0 radical (unpaired) electrons. The third-order valence-corrected chi connectivity index (χ3v) is 2.82. The second-order valence-corrected chi connectivity index (χ2v) is 3.80. The van der Waals surface area contributed by atoms with Crippen LogP contribution in [0.25, 0.3) is 0 Å². The van der Waals surface area contributed by atoms with Crippen LogP contribution in [0, 0.1) is 34.0 Å². The summed E-state index contributed by atoms with van der Waals surface area (Å²) < 4.78 is 4.69. The molecule has 1 atom stereocenters. The van der Waals surface area contributed by atoms with E-state index in [2.05, 4.69) is 0 Å². The molecule has 0 N–H and O–H groups in total. The summed E-state index contributed by atoms with van der Waals surface area (Å²) in [6, 6.07) is 8.45. The minimum atomic E-state index is -0.612. The Bertz CT molecular complexity index is 630. The number of methoxy groups -OCH3 is 1. The average Bonchev–Trinajstić information content (AvgIpc) is 2.46. The molecule has 1 aromatic rings. The maximum atomic E-state index is 11.7. The van der Waals surface area contributed by atoms with Gasteiger partial charge >= 0.3 is 5.97 Å². The van der Waals surface area contributed by atoms with Crippen LogP contribution in [0.15, 0.2) is 12.1 Å². The molecular formula is C14H11N3O2. The zero-order valence-corrected chi connectivity index (χ0v) is 10.6. The Morgan fingerprint density at radius 2 is 1.68 bits per heavy atom. The van der Waals surface area contributed by atoms with Gasteiger partial charge in [0.1, 0.15) is 12.1 Å². The summed E-state index contributed by atoms with van der Waals surface area (Å²) in [4.78, 5) is 11.7. The molecule has 0 aliphatic carbocycles. The predicted octanol–water partition coefficient (Wildman–Crippen LogP) is 1.97. The Labute approximate surface area is 111 Å². The van der Waals surface area contributed by atoms with E-state index in [0.717, 1.165) is 0 Å². The lowest BCUT2D eigenvalue weighted by Crippen LogP contribution is -2.15. The van der Waals surface area contributed by atoms with Crippen molar-refractivity contribution in [2.45, 2.75) is 19.3 Å². The number of esters is 1. The molecule has 1 aromatic carbocycles. The van der Waals surface area contributed by atoms with Gasteiger partial charge in [0.05, 0.1) is 35.8 Å². The fourth-order valence-electron chi connectivity index (χ4n) is 1.84. The maximum Gasteiger partial charge on any atom is 0.313 e. The highest BCUT2D eigenvalue weighted by molar-refractivity contribution is 5.79. The van der Waals surface area contributed by atoms with Crippen LogP contribution >= 0.6 is 0 Å². The van der Waals surface area contributed by atoms with Gasteiger partial charge in [-0.1, -0.05) is 6.92 Å². The Balaban J connectivity index is 3.52. The van der Waals surface area contributed by atoms with Gasteiger partial charge in [0.25, 0.3) is 0 Å². The van der Waals surface area contributed by atoms with E-state index >= 15 is 0 Å². The normalized spacial score (nSPS) is 10.7. The number of hydrogen-bond donors (Lipinski definition) is 0. The molecule has 5 heteroatoms. The van der Waals surface area contributed by atoms with Crippen LogP contribution in [-0.2, 0) is 9.53 Å². The third-order valence-electron chi connectivity index (χ3n) is 2.82. The molecule has 0 aliphatic heterocycles. The SMILES string of the molecule is CCC(C(=O)OC)c1cc(C#N)c(C#N)cc1C#N. The van der Waals surface area contributed by atoms with E-state index in [4.69, 9.17) is 20.5 Å². The number of nitrogens with zero attached hydrogens (tertiary/aromatic N) is 3.